The molecule has 172 valence electrons. The van der Waals surface area contributed by atoms with Gasteiger partial charge in [-0.3, -0.25) is 0 Å². The molecule has 1 aromatic carbocycles. The third-order valence-corrected chi connectivity index (χ3v) is 6.60. The Morgan fingerprint density at radius 2 is 0.621 bits per heavy atom. The Balaban J connectivity index is 0. The van der Waals surface area contributed by atoms with Gasteiger partial charge < -0.3 is 0 Å². The maximum atomic E-state index is 2.27. The molecule has 0 N–H and O–H groups in total. The van der Waals surface area contributed by atoms with E-state index in [1.807, 2.05) is 0 Å². The number of rotatable bonds is 0. The zero-order valence-electron chi connectivity index (χ0n) is 23.4. The fraction of sp³-hybridized carbons (Fsp3) is 0.793. The number of hydrogen-bond donors (Lipinski definition) is 0. The van der Waals surface area contributed by atoms with Crippen LogP contribution in [0, 0.1) is 22.2 Å². The van der Waals surface area contributed by atoms with Crippen LogP contribution in [0.4, 0.5) is 0 Å². The van der Waals surface area contributed by atoms with Crippen molar-refractivity contribution in [1.82, 2.24) is 0 Å². The molecule has 0 heterocycles. The third kappa shape index (κ3) is 13.2. The van der Waals surface area contributed by atoms with Crippen molar-refractivity contribution in [2.24, 2.45) is 22.2 Å². The van der Waals surface area contributed by atoms with E-state index in [-0.39, 0.29) is 10.8 Å². The van der Waals surface area contributed by atoms with E-state index in [4.69, 9.17) is 0 Å². The Labute approximate surface area is 186 Å². The van der Waals surface area contributed by atoms with Gasteiger partial charge in [-0.25, -0.2) is 0 Å². The third-order valence-electron chi connectivity index (χ3n) is 6.60. The highest BCUT2D eigenvalue weighted by molar-refractivity contribution is 5.30. The van der Waals surface area contributed by atoms with Crippen LogP contribution >= 0.6 is 0 Å². The lowest BCUT2D eigenvalue weighted by molar-refractivity contribution is 0.157. The summed E-state index contributed by atoms with van der Waals surface area (Å²) in [4.78, 5) is 0. The molecule has 0 nitrogen and oxygen atoms in total. The van der Waals surface area contributed by atoms with E-state index in [0.29, 0.717) is 16.2 Å². The predicted octanol–water partition coefficient (Wildman–Crippen LogP) is 10.0. The van der Waals surface area contributed by atoms with Gasteiger partial charge in [0, 0.05) is 0 Å². The first-order valence-electron chi connectivity index (χ1n) is 11.5. The molecule has 0 spiro atoms. The van der Waals surface area contributed by atoms with Gasteiger partial charge in [0.15, 0.2) is 0 Å². The highest BCUT2D eigenvalue weighted by Gasteiger charge is 2.26. The summed E-state index contributed by atoms with van der Waals surface area (Å²) in [5.74, 6) is 0.799. The lowest BCUT2D eigenvalue weighted by atomic mass is 9.71. The maximum Gasteiger partial charge on any atom is -0.0132 e. The molecular weight excluding hydrogens is 348 g/mol. The van der Waals surface area contributed by atoms with Crippen molar-refractivity contribution in [1.29, 1.82) is 0 Å². The normalized spacial score (nSPS) is 13.3. The molecule has 0 heteroatoms. The molecular formula is C29H56. The van der Waals surface area contributed by atoms with E-state index in [1.165, 1.54) is 11.1 Å². The van der Waals surface area contributed by atoms with Gasteiger partial charge in [-0.15, -0.1) is 0 Å². The second kappa shape index (κ2) is 10.5. The quantitative estimate of drug-likeness (QED) is 0.403. The summed E-state index contributed by atoms with van der Waals surface area (Å²) in [7, 11) is 0. The van der Waals surface area contributed by atoms with Crippen molar-refractivity contribution in [2.75, 3.05) is 0 Å². The summed E-state index contributed by atoms with van der Waals surface area (Å²) < 4.78 is 0. The first-order chi connectivity index (χ1) is 12.4. The predicted molar refractivity (Wildman–Crippen MR) is 137 cm³/mol. The minimum absolute atomic E-state index is 0.260. The molecule has 0 atom stereocenters. The fourth-order valence-corrected chi connectivity index (χ4v) is 1.47. The molecule has 29 heavy (non-hydrogen) atoms. The smallest absolute Gasteiger partial charge is 0.0132 e. The highest BCUT2D eigenvalue weighted by Crippen LogP contribution is 2.36. The SMILES string of the molecule is CC(C)(C)C(C)(C)C.CC(C)(C)c1ccc(C(C)(C)C)cc1.CC(C)C(C)(C)C. The van der Waals surface area contributed by atoms with Crippen molar-refractivity contribution in [2.45, 2.75) is 129 Å². The lowest BCUT2D eigenvalue weighted by Gasteiger charge is -2.34. The van der Waals surface area contributed by atoms with E-state index >= 15 is 0 Å². The summed E-state index contributed by atoms with van der Waals surface area (Å²) in [6, 6.07) is 9.00. The van der Waals surface area contributed by atoms with Gasteiger partial charge in [0.1, 0.15) is 0 Å². The zero-order valence-corrected chi connectivity index (χ0v) is 23.4. The van der Waals surface area contributed by atoms with Crippen LogP contribution in [-0.2, 0) is 10.8 Å². The molecule has 0 aliphatic heterocycles. The molecule has 1 rings (SSSR count). The van der Waals surface area contributed by atoms with Crippen molar-refractivity contribution >= 4 is 0 Å². The topological polar surface area (TPSA) is 0 Å². The van der Waals surface area contributed by atoms with Gasteiger partial charge in [-0.1, -0.05) is 142 Å². The van der Waals surface area contributed by atoms with Gasteiger partial charge >= 0.3 is 0 Å². The first-order valence-corrected chi connectivity index (χ1v) is 11.5. The standard InChI is InChI=1S/C14H22.C8H18.C7H16/c1-13(2,3)11-7-9-12(10-8-11)14(4,5)6;1-7(2,3)8(4,5)6;1-6(2)7(3,4)5/h7-10H,1-6H3;1-6H3;6H,1-5H3. The Bertz CT molecular complexity index is 504. The van der Waals surface area contributed by atoms with Gasteiger partial charge in [0.2, 0.25) is 0 Å². The minimum atomic E-state index is 0.260. The Kier molecular flexibility index (Phi) is 11.0. The minimum Gasteiger partial charge on any atom is -0.0623 e. The summed E-state index contributed by atoms with van der Waals surface area (Å²) in [6.45, 7) is 38.4. The van der Waals surface area contributed by atoms with Crippen molar-refractivity contribution in [3.63, 3.8) is 0 Å². The van der Waals surface area contributed by atoms with E-state index in [2.05, 4.69) is 142 Å². The average Bonchev–Trinajstić information content (AvgIpc) is 2.43. The van der Waals surface area contributed by atoms with Crippen LogP contribution in [0.2, 0.25) is 0 Å². The Hall–Kier alpha value is -0.780. The highest BCUT2D eigenvalue weighted by atomic mass is 14.3. The second-order valence-electron chi connectivity index (χ2n) is 14.1. The number of benzene rings is 1. The number of hydrogen-bond acceptors (Lipinski definition) is 0. The molecule has 1 aromatic rings. The van der Waals surface area contributed by atoms with Gasteiger partial charge in [0.25, 0.3) is 0 Å². The fourth-order valence-electron chi connectivity index (χ4n) is 1.47. The van der Waals surface area contributed by atoms with E-state index in [0.717, 1.165) is 5.92 Å². The molecule has 0 aromatic heterocycles. The van der Waals surface area contributed by atoms with Gasteiger partial charge in [0.05, 0.1) is 0 Å². The molecule has 0 aliphatic carbocycles. The Morgan fingerprint density at radius 3 is 0.690 bits per heavy atom. The van der Waals surface area contributed by atoms with Crippen molar-refractivity contribution < 1.29 is 0 Å². The second-order valence-corrected chi connectivity index (χ2v) is 14.1. The molecule has 0 unspecified atom stereocenters. The van der Waals surface area contributed by atoms with Gasteiger partial charge in [-0.2, -0.15) is 0 Å². The van der Waals surface area contributed by atoms with Crippen molar-refractivity contribution in [3.8, 4) is 0 Å². The summed E-state index contributed by atoms with van der Waals surface area (Å²) in [5, 5.41) is 0. The van der Waals surface area contributed by atoms with Gasteiger partial charge in [-0.05, 0) is 44.1 Å². The monoisotopic (exact) mass is 404 g/mol. The van der Waals surface area contributed by atoms with E-state index in [1.54, 1.807) is 0 Å². The molecule has 0 radical (unpaired) electrons. The van der Waals surface area contributed by atoms with Crippen LogP contribution in [0.5, 0.6) is 0 Å². The summed E-state index contributed by atoms with van der Waals surface area (Å²) in [5.41, 5.74) is 4.71. The Morgan fingerprint density at radius 1 is 0.448 bits per heavy atom. The van der Waals surface area contributed by atoms with Crippen LogP contribution < -0.4 is 0 Å². The zero-order chi connectivity index (χ0) is 24.1. The van der Waals surface area contributed by atoms with E-state index in [9.17, 15) is 0 Å². The molecule has 0 saturated carbocycles. The summed E-state index contributed by atoms with van der Waals surface area (Å²) >= 11 is 0. The van der Waals surface area contributed by atoms with Crippen LogP contribution in [0.3, 0.4) is 0 Å². The molecule has 0 fully saturated rings. The molecule has 0 saturated heterocycles. The molecule has 0 amide bonds. The average molecular weight is 405 g/mol. The van der Waals surface area contributed by atoms with Crippen LogP contribution in [-0.4, -0.2) is 0 Å². The van der Waals surface area contributed by atoms with Crippen LogP contribution in [0.15, 0.2) is 24.3 Å². The molecule has 0 aliphatic rings. The van der Waals surface area contributed by atoms with Crippen LogP contribution in [0.1, 0.15) is 129 Å². The van der Waals surface area contributed by atoms with Crippen molar-refractivity contribution in [3.05, 3.63) is 35.4 Å². The first kappa shape index (κ1) is 30.4. The molecule has 0 bridgehead atoms. The van der Waals surface area contributed by atoms with Crippen LogP contribution in [0.25, 0.3) is 0 Å². The lowest BCUT2D eigenvalue weighted by Crippen LogP contribution is -2.25. The van der Waals surface area contributed by atoms with E-state index < -0.39 is 0 Å². The maximum absolute atomic E-state index is 2.27. The largest absolute Gasteiger partial charge is 0.0623 e. The summed E-state index contributed by atoms with van der Waals surface area (Å²) in [6.07, 6.45) is 0.